The molecule has 80 valence electrons. The summed E-state index contributed by atoms with van der Waals surface area (Å²) < 4.78 is 24.2. The van der Waals surface area contributed by atoms with Crippen molar-refractivity contribution < 1.29 is 17.8 Å². The fourth-order valence-electron chi connectivity index (χ4n) is 0.384. The summed E-state index contributed by atoms with van der Waals surface area (Å²) >= 11 is 0. The van der Waals surface area contributed by atoms with Crippen LogP contribution in [0.1, 0.15) is 33.6 Å². The molecule has 0 unspecified atom stereocenters. The van der Waals surface area contributed by atoms with E-state index in [1.54, 1.807) is 0 Å². The van der Waals surface area contributed by atoms with Crippen molar-refractivity contribution in [1.29, 1.82) is 0 Å². The summed E-state index contributed by atoms with van der Waals surface area (Å²) in [6.07, 6.45) is 2.26. The van der Waals surface area contributed by atoms with Crippen molar-refractivity contribution in [3.63, 3.8) is 0 Å². The third kappa shape index (κ3) is 34.6. The summed E-state index contributed by atoms with van der Waals surface area (Å²) in [6.45, 7) is 6.73. The first-order valence-corrected chi connectivity index (χ1v) is 5.10. The van der Waals surface area contributed by atoms with Crippen molar-refractivity contribution >= 4 is 16.7 Å². The van der Waals surface area contributed by atoms with E-state index < -0.39 is 11.0 Å². The molecule has 0 amide bonds. The van der Waals surface area contributed by atoms with E-state index in [9.17, 15) is 0 Å². The van der Waals surface area contributed by atoms with E-state index in [1.165, 1.54) is 0 Å². The summed E-state index contributed by atoms with van der Waals surface area (Å²) in [5, 5.41) is 3.78. The highest BCUT2D eigenvalue weighted by molar-refractivity contribution is 7.66. The number of thiol groups is 1. The average molecular weight is 211 g/mol. The lowest BCUT2D eigenvalue weighted by molar-refractivity contribution is 0.141. The Hall–Kier alpha value is -0.620. The van der Waals surface area contributed by atoms with E-state index in [1.807, 2.05) is 13.8 Å². The van der Waals surface area contributed by atoms with Crippen molar-refractivity contribution in [3.8, 4) is 0 Å². The second-order valence-corrected chi connectivity index (χ2v) is 2.94. The largest absolute Gasteiger partial charge is 0.396 e. The van der Waals surface area contributed by atoms with E-state index in [0.717, 1.165) is 25.2 Å². The highest BCUT2D eigenvalue weighted by Crippen LogP contribution is 1.88. The van der Waals surface area contributed by atoms with Crippen LogP contribution < -0.4 is 0 Å². The second-order valence-electron chi connectivity index (χ2n) is 2.46. The Morgan fingerprint density at radius 2 is 1.92 bits per heavy atom. The van der Waals surface area contributed by atoms with Crippen molar-refractivity contribution in [1.82, 2.24) is 0 Å². The van der Waals surface area contributed by atoms with Gasteiger partial charge in [0, 0.05) is 0 Å². The molecule has 0 atom stereocenters. The van der Waals surface area contributed by atoms with Crippen LogP contribution in [0.3, 0.4) is 0 Å². The fraction of sp³-hybridized carbons (Fsp3) is 0.857. The molecule has 0 aliphatic rings. The van der Waals surface area contributed by atoms with Gasteiger partial charge in [-0.25, -0.2) is 8.42 Å². The summed E-state index contributed by atoms with van der Waals surface area (Å²) in [5.41, 5.74) is 0.978. The zero-order valence-electron chi connectivity index (χ0n) is 8.19. The number of nitrogens with zero attached hydrogens (tertiary/aromatic N) is 1. The normalized spacial score (nSPS) is 8.69. The maximum atomic E-state index is 8.59. The molecular weight excluding hydrogens is 194 g/mol. The van der Waals surface area contributed by atoms with Gasteiger partial charge in [0.25, 0.3) is 11.0 Å². The third-order valence-electron chi connectivity index (χ3n) is 0.836. The molecule has 0 rings (SSSR count). The van der Waals surface area contributed by atoms with Crippen molar-refractivity contribution in [2.45, 2.75) is 33.6 Å². The molecule has 0 aliphatic heterocycles. The fourth-order valence-corrected chi connectivity index (χ4v) is 0.384. The molecule has 0 heterocycles. The van der Waals surface area contributed by atoms with Crippen LogP contribution in [0.5, 0.6) is 0 Å². The predicted octanol–water partition coefficient (Wildman–Crippen LogP) is 1.27. The molecule has 0 aromatic carbocycles. The maximum absolute atomic E-state index is 8.59. The molecule has 5 nitrogen and oxygen atoms in total. The van der Waals surface area contributed by atoms with Gasteiger partial charge in [-0.3, -0.25) is 4.55 Å². The Balaban J connectivity index is 0. The third-order valence-corrected chi connectivity index (χ3v) is 0.836. The molecule has 0 radical (unpaired) electrons. The lowest BCUT2D eigenvalue weighted by Gasteiger charge is -1.95. The van der Waals surface area contributed by atoms with Gasteiger partial charge in [-0.1, -0.05) is 18.5 Å². The smallest absolute Gasteiger partial charge is 0.254 e. The van der Waals surface area contributed by atoms with Gasteiger partial charge in [-0.2, -0.15) is 0 Å². The van der Waals surface area contributed by atoms with E-state index >= 15 is 0 Å². The van der Waals surface area contributed by atoms with E-state index in [2.05, 4.69) is 12.1 Å². The van der Waals surface area contributed by atoms with Crippen LogP contribution in [-0.2, 0) is 15.8 Å². The first kappa shape index (κ1) is 14.9. The summed E-state index contributed by atoms with van der Waals surface area (Å²) in [5.74, 6) is 0. The van der Waals surface area contributed by atoms with Gasteiger partial charge in [0.1, 0.15) is 6.61 Å². The lowest BCUT2D eigenvalue weighted by Crippen LogP contribution is -1.89. The molecule has 0 saturated carbocycles. The Kier molecular flexibility index (Phi) is 13.0. The minimum absolute atomic E-state index is 0.752. The zero-order chi connectivity index (χ0) is 10.7. The van der Waals surface area contributed by atoms with Crippen molar-refractivity contribution in [2.75, 3.05) is 6.61 Å². The standard InChI is InChI=1S/C7H15NO.H2O3S/c1-4-5-6-9-8-7(2)3;1-4(2)3/h4-6H2,1-3H3;4H,(H,1,2,3). The van der Waals surface area contributed by atoms with Crippen LogP contribution in [0.4, 0.5) is 0 Å². The Morgan fingerprint density at radius 3 is 2.23 bits per heavy atom. The Morgan fingerprint density at radius 1 is 1.46 bits per heavy atom. The number of unbranched alkanes of at least 4 members (excludes halogenated alkanes) is 1. The van der Waals surface area contributed by atoms with Crippen molar-refractivity contribution in [2.24, 2.45) is 5.16 Å². The lowest BCUT2D eigenvalue weighted by atomic mass is 10.4. The minimum Gasteiger partial charge on any atom is -0.396 e. The van der Waals surface area contributed by atoms with Gasteiger partial charge in [0.15, 0.2) is 0 Å². The molecule has 0 aromatic rings. The molecule has 1 N–H and O–H groups in total. The van der Waals surface area contributed by atoms with Crippen molar-refractivity contribution in [3.05, 3.63) is 0 Å². The quantitative estimate of drug-likeness (QED) is 0.241. The molecule has 6 heteroatoms. The van der Waals surface area contributed by atoms with Crippen LogP contribution >= 0.6 is 0 Å². The predicted molar refractivity (Wildman–Crippen MR) is 52.6 cm³/mol. The van der Waals surface area contributed by atoms with Gasteiger partial charge >= 0.3 is 0 Å². The molecule has 0 aliphatic carbocycles. The van der Waals surface area contributed by atoms with Crippen LogP contribution in [0.2, 0.25) is 0 Å². The van der Waals surface area contributed by atoms with Gasteiger partial charge < -0.3 is 4.84 Å². The zero-order valence-corrected chi connectivity index (χ0v) is 9.08. The molecule has 0 fully saturated rings. The number of hydrogen-bond donors (Lipinski definition) is 2. The average Bonchev–Trinajstić information content (AvgIpc) is 1.97. The van der Waals surface area contributed by atoms with E-state index in [-0.39, 0.29) is 0 Å². The van der Waals surface area contributed by atoms with E-state index in [4.69, 9.17) is 17.8 Å². The SMILES string of the molecule is CCCCON=C(C)C.O=[SH](=O)O. The monoisotopic (exact) mass is 211 g/mol. The number of oxime groups is 1. The molecule has 0 spiro atoms. The highest BCUT2D eigenvalue weighted by Gasteiger charge is 1.81. The molecular formula is C7H17NO4S. The van der Waals surface area contributed by atoms with Gasteiger partial charge in [0.2, 0.25) is 0 Å². The molecule has 13 heavy (non-hydrogen) atoms. The number of rotatable bonds is 4. The van der Waals surface area contributed by atoms with Crippen LogP contribution in [-0.4, -0.2) is 25.3 Å². The van der Waals surface area contributed by atoms with Crippen LogP contribution in [0.15, 0.2) is 5.16 Å². The maximum Gasteiger partial charge on any atom is 0.254 e. The van der Waals surface area contributed by atoms with Crippen LogP contribution in [0, 0.1) is 0 Å². The first-order chi connectivity index (χ1) is 6.00. The Labute approximate surface area is 80.6 Å². The molecule has 0 bridgehead atoms. The Bertz CT molecular complexity index is 189. The second kappa shape index (κ2) is 11.4. The molecule has 0 aromatic heterocycles. The van der Waals surface area contributed by atoms with Crippen LogP contribution in [0.25, 0.3) is 0 Å². The van der Waals surface area contributed by atoms with Gasteiger partial charge in [-0.05, 0) is 20.3 Å². The van der Waals surface area contributed by atoms with E-state index in [0.29, 0.717) is 0 Å². The molecule has 0 saturated heterocycles. The first-order valence-electron chi connectivity index (χ1n) is 3.97. The van der Waals surface area contributed by atoms with Gasteiger partial charge in [-0.15, -0.1) is 0 Å². The highest BCUT2D eigenvalue weighted by atomic mass is 32.2. The summed E-state index contributed by atoms with van der Waals surface area (Å²) in [7, 11) is -3.12. The van der Waals surface area contributed by atoms with Gasteiger partial charge in [0.05, 0.1) is 5.71 Å². The summed E-state index contributed by atoms with van der Waals surface area (Å²) in [6, 6.07) is 0. The number of hydrogen-bond acceptors (Lipinski definition) is 4. The topological polar surface area (TPSA) is 76.0 Å². The summed E-state index contributed by atoms with van der Waals surface area (Å²) in [4.78, 5) is 4.92. The minimum atomic E-state index is -3.12.